The van der Waals surface area contributed by atoms with Crippen molar-refractivity contribution in [2.45, 2.75) is 40.5 Å². The maximum absolute atomic E-state index is 4.63. The molecule has 0 spiro atoms. The highest BCUT2D eigenvalue weighted by Gasteiger charge is 2.25. The normalized spacial score (nSPS) is 20.1. The van der Waals surface area contributed by atoms with Gasteiger partial charge in [0.2, 0.25) is 0 Å². The van der Waals surface area contributed by atoms with Crippen molar-refractivity contribution >= 4 is 5.71 Å². The summed E-state index contributed by atoms with van der Waals surface area (Å²) < 4.78 is 0. The first-order valence-corrected chi connectivity index (χ1v) is 6.10. The van der Waals surface area contributed by atoms with Crippen LogP contribution in [0.15, 0.2) is 4.99 Å². The largest absolute Gasteiger partial charge is 0.306 e. The molecular weight excluding hydrogens is 184 g/mol. The highest BCUT2D eigenvalue weighted by Crippen LogP contribution is 2.28. The molecule has 88 valence electrons. The molecule has 0 fully saturated rings. The molecule has 15 heavy (non-hydrogen) atoms. The SMILES string of the molecule is CC(C)CN(C)CCC1=NCC(C)(C)C1. The Hall–Kier alpha value is -0.370. The van der Waals surface area contributed by atoms with E-state index in [0.29, 0.717) is 5.41 Å². The van der Waals surface area contributed by atoms with Gasteiger partial charge in [-0.3, -0.25) is 4.99 Å². The van der Waals surface area contributed by atoms with Gasteiger partial charge in [0.05, 0.1) is 0 Å². The lowest BCUT2D eigenvalue weighted by atomic mass is 9.89. The van der Waals surface area contributed by atoms with E-state index in [2.05, 4.69) is 44.6 Å². The first-order chi connectivity index (χ1) is 6.89. The highest BCUT2D eigenvalue weighted by atomic mass is 15.1. The molecule has 1 heterocycles. The maximum atomic E-state index is 4.63. The summed E-state index contributed by atoms with van der Waals surface area (Å²) in [4.78, 5) is 7.04. The van der Waals surface area contributed by atoms with Crippen LogP contribution in [-0.4, -0.2) is 37.3 Å². The number of rotatable bonds is 5. The van der Waals surface area contributed by atoms with Crippen molar-refractivity contribution in [2.75, 3.05) is 26.7 Å². The monoisotopic (exact) mass is 210 g/mol. The molecule has 0 amide bonds. The third-order valence-corrected chi connectivity index (χ3v) is 2.87. The molecule has 1 aliphatic rings. The van der Waals surface area contributed by atoms with Gasteiger partial charge in [-0.2, -0.15) is 0 Å². The van der Waals surface area contributed by atoms with Crippen LogP contribution in [0.5, 0.6) is 0 Å². The number of nitrogens with zero attached hydrogens (tertiary/aromatic N) is 2. The van der Waals surface area contributed by atoms with E-state index in [0.717, 1.165) is 25.4 Å². The minimum atomic E-state index is 0.423. The zero-order chi connectivity index (χ0) is 11.5. The molecule has 0 radical (unpaired) electrons. The summed E-state index contributed by atoms with van der Waals surface area (Å²) in [5, 5.41) is 0. The van der Waals surface area contributed by atoms with Crippen LogP contribution in [0.1, 0.15) is 40.5 Å². The minimum absolute atomic E-state index is 0.423. The quantitative estimate of drug-likeness (QED) is 0.681. The lowest BCUT2D eigenvalue weighted by molar-refractivity contribution is 0.303. The molecule has 1 aliphatic heterocycles. The third-order valence-electron chi connectivity index (χ3n) is 2.87. The lowest BCUT2D eigenvalue weighted by Crippen LogP contribution is -2.26. The van der Waals surface area contributed by atoms with Crippen LogP contribution in [0.25, 0.3) is 0 Å². The summed E-state index contributed by atoms with van der Waals surface area (Å²) in [6.45, 7) is 12.5. The average molecular weight is 210 g/mol. The third kappa shape index (κ3) is 4.78. The van der Waals surface area contributed by atoms with Gasteiger partial charge in [-0.1, -0.05) is 27.7 Å². The van der Waals surface area contributed by atoms with Crippen LogP contribution >= 0.6 is 0 Å². The van der Waals surface area contributed by atoms with Crippen LogP contribution in [0.2, 0.25) is 0 Å². The summed E-state index contributed by atoms with van der Waals surface area (Å²) in [5.74, 6) is 0.761. The predicted octanol–water partition coefficient (Wildman–Crippen LogP) is 2.84. The van der Waals surface area contributed by atoms with Gasteiger partial charge in [0.15, 0.2) is 0 Å². The Balaban J connectivity index is 2.21. The summed E-state index contributed by atoms with van der Waals surface area (Å²) >= 11 is 0. The Morgan fingerprint density at radius 2 is 2.07 bits per heavy atom. The molecule has 0 unspecified atom stereocenters. The van der Waals surface area contributed by atoms with Crippen LogP contribution < -0.4 is 0 Å². The van der Waals surface area contributed by atoms with Crippen molar-refractivity contribution in [1.29, 1.82) is 0 Å². The Kier molecular flexibility index (Phi) is 4.32. The number of hydrogen-bond donors (Lipinski definition) is 0. The smallest absolute Gasteiger partial charge is 0.0443 e. The van der Waals surface area contributed by atoms with E-state index in [1.165, 1.54) is 18.7 Å². The fourth-order valence-corrected chi connectivity index (χ4v) is 2.19. The van der Waals surface area contributed by atoms with Crippen molar-refractivity contribution < 1.29 is 0 Å². The van der Waals surface area contributed by atoms with E-state index in [9.17, 15) is 0 Å². The van der Waals surface area contributed by atoms with Crippen LogP contribution in [-0.2, 0) is 0 Å². The molecule has 0 aliphatic carbocycles. The second-order valence-electron chi connectivity index (χ2n) is 6.13. The molecule has 0 bridgehead atoms. The Morgan fingerprint density at radius 3 is 2.53 bits per heavy atom. The highest BCUT2D eigenvalue weighted by molar-refractivity contribution is 5.86. The van der Waals surface area contributed by atoms with Crippen molar-refractivity contribution in [1.82, 2.24) is 4.90 Å². The predicted molar refractivity (Wildman–Crippen MR) is 67.7 cm³/mol. The molecular formula is C13H26N2. The second-order valence-corrected chi connectivity index (χ2v) is 6.13. The molecule has 2 heteroatoms. The van der Waals surface area contributed by atoms with Crippen molar-refractivity contribution in [2.24, 2.45) is 16.3 Å². The van der Waals surface area contributed by atoms with Crippen molar-refractivity contribution in [3.8, 4) is 0 Å². The summed E-state index contributed by atoms with van der Waals surface area (Å²) in [5.41, 5.74) is 1.85. The average Bonchev–Trinajstić information content (AvgIpc) is 2.41. The molecule has 0 saturated heterocycles. The first kappa shape index (κ1) is 12.7. The van der Waals surface area contributed by atoms with Gasteiger partial charge in [0, 0.05) is 25.3 Å². The van der Waals surface area contributed by atoms with E-state index < -0.39 is 0 Å². The number of hydrogen-bond acceptors (Lipinski definition) is 2. The fourth-order valence-electron chi connectivity index (χ4n) is 2.19. The van der Waals surface area contributed by atoms with Gasteiger partial charge in [-0.25, -0.2) is 0 Å². The van der Waals surface area contributed by atoms with Crippen molar-refractivity contribution in [3.63, 3.8) is 0 Å². The Labute approximate surface area is 94.8 Å². The van der Waals surface area contributed by atoms with Gasteiger partial charge in [0.1, 0.15) is 0 Å². The lowest BCUT2D eigenvalue weighted by Gasteiger charge is -2.19. The van der Waals surface area contributed by atoms with E-state index in [-0.39, 0.29) is 0 Å². The maximum Gasteiger partial charge on any atom is 0.0443 e. The second kappa shape index (κ2) is 5.11. The van der Waals surface area contributed by atoms with Crippen molar-refractivity contribution in [3.05, 3.63) is 0 Å². The van der Waals surface area contributed by atoms with E-state index in [1.54, 1.807) is 0 Å². The van der Waals surface area contributed by atoms with E-state index in [4.69, 9.17) is 0 Å². The molecule has 0 N–H and O–H groups in total. The minimum Gasteiger partial charge on any atom is -0.306 e. The van der Waals surface area contributed by atoms with E-state index in [1.807, 2.05) is 0 Å². The van der Waals surface area contributed by atoms with Gasteiger partial charge in [-0.05, 0) is 31.2 Å². The first-order valence-electron chi connectivity index (χ1n) is 6.10. The molecule has 0 aromatic rings. The van der Waals surface area contributed by atoms with Gasteiger partial charge in [0.25, 0.3) is 0 Å². The zero-order valence-electron chi connectivity index (χ0n) is 11.0. The number of aliphatic imine (C=N–C) groups is 1. The molecule has 0 atom stereocenters. The Morgan fingerprint density at radius 1 is 1.40 bits per heavy atom. The summed E-state index contributed by atoms with van der Waals surface area (Å²) in [7, 11) is 2.21. The molecule has 1 rings (SSSR count). The topological polar surface area (TPSA) is 15.6 Å². The van der Waals surface area contributed by atoms with Crippen LogP contribution in [0.3, 0.4) is 0 Å². The van der Waals surface area contributed by atoms with Crippen LogP contribution in [0.4, 0.5) is 0 Å². The molecule has 0 saturated carbocycles. The summed E-state index contributed by atoms with van der Waals surface area (Å²) in [6.07, 6.45) is 2.36. The molecule has 0 aromatic heterocycles. The standard InChI is InChI=1S/C13H26N2/c1-11(2)9-15(5)7-6-12-8-13(3,4)10-14-12/h11H,6-10H2,1-5H3. The fraction of sp³-hybridized carbons (Fsp3) is 0.923. The van der Waals surface area contributed by atoms with E-state index >= 15 is 0 Å². The van der Waals surface area contributed by atoms with Crippen LogP contribution in [0, 0.1) is 11.3 Å². The van der Waals surface area contributed by atoms with Gasteiger partial charge in [-0.15, -0.1) is 0 Å². The molecule has 0 aromatic carbocycles. The van der Waals surface area contributed by atoms with Gasteiger partial charge >= 0.3 is 0 Å². The summed E-state index contributed by atoms with van der Waals surface area (Å²) in [6, 6.07) is 0. The Bertz CT molecular complexity index is 229. The molecule has 2 nitrogen and oxygen atoms in total. The van der Waals surface area contributed by atoms with Gasteiger partial charge < -0.3 is 4.90 Å². The zero-order valence-corrected chi connectivity index (χ0v) is 11.0.